The molecule has 2 aromatic carbocycles. The summed E-state index contributed by atoms with van der Waals surface area (Å²) in [5.41, 5.74) is 8.72. The summed E-state index contributed by atoms with van der Waals surface area (Å²) >= 11 is 0. The van der Waals surface area contributed by atoms with Crippen LogP contribution >= 0.6 is 0 Å². The Morgan fingerprint density at radius 3 is 1.34 bits per heavy atom. The molecule has 0 N–H and O–H groups in total. The Labute approximate surface area is 178 Å². The van der Waals surface area contributed by atoms with Crippen LogP contribution in [-0.4, -0.2) is 29.8 Å². The molecule has 0 aliphatic heterocycles. The highest BCUT2D eigenvalue weighted by atomic mass is 28.4. The maximum absolute atomic E-state index is 6.28. The molecule has 0 spiro atoms. The monoisotopic (exact) mass is 420 g/mol. The lowest BCUT2D eigenvalue weighted by molar-refractivity contribution is 0.106. The number of rotatable bonds is 6. The van der Waals surface area contributed by atoms with Gasteiger partial charge in [0.15, 0.2) is 0 Å². The van der Waals surface area contributed by atoms with Gasteiger partial charge >= 0.3 is 0 Å². The molecule has 0 amide bonds. The van der Waals surface area contributed by atoms with Crippen molar-refractivity contribution < 1.29 is 8.85 Å². The van der Waals surface area contributed by atoms with E-state index in [4.69, 9.17) is 8.85 Å². The van der Waals surface area contributed by atoms with Gasteiger partial charge in [0, 0.05) is 29.8 Å². The van der Waals surface area contributed by atoms with Crippen LogP contribution in [0.1, 0.15) is 25.0 Å². The second-order valence-corrected chi connectivity index (χ2v) is 16.1. The first-order valence-corrected chi connectivity index (χ1v) is 15.8. The topological polar surface area (TPSA) is 18.5 Å². The van der Waals surface area contributed by atoms with Gasteiger partial charge in [-0.05, 0) is 50.5 Å². The first kappa shape index (κ1) is 23.2. The molecule has 0 radical (unpaired) electrons. The summed E-state index contributed by atoms with van der Waals surface area (Å²) in [6.45, 7) is 14.2. The highest BCUT2D eigenvalue weighted by Gasteiger charge is 2.29. The van der Waals surface area contributed by atoms with E-state index in [2.05, 4.69) is 63.0 Å². The molecule has 0 aliphatic rings. The average Bonchev–Trinajstić information content (AvgIpc) is 2.70. The first-order valence-electron chi connectivity index (χ1n) is 10.0. The fourth-order valence-electron chi connectivity index (χ4n) is 2.35. The normalized spacial score (nSPS) is 11.8. The minimum atomic E-state index is -2.06. The molecule has 29 heavy (non-hydrogen) atoms. The summed E-state index contributed by atoms with van der Waals surface area (Å²) in [7, 11) is -4.13. The van der Waals surface area contributed by atoms with Crippen molar-refractivity contribution in [3.63, 3.8) is 0 Å². The van der Waals surface area contributed by atoms with Crippen molar-refractivity contribution >= 4 is 16.6 Å². The fraction of sp³-hybridized carbons (Fsp3) is 0.360. The lowest BCUT2D eigenvalue weighted by atomic mass is 9.97. The zero-order valence-electron chi connectivity index (χ0n) is 18.5. The van der Waals surface area contributed by atoms with Gasteiger partial charge in [-0.15, -0.1) is 0 Å². The van der Waals surface area contributed by atoms with E-state index in [9.17, 15) is 0 Å². The molecule has 152 valence electrons. The highest BCUT2D eigenvalue weighted by Crippen LogP contribution is 2.21. The molecule has 0 heterocycles. The summed E-state index contributed by atoms with van der Waals surface area (Å²) < 4.78 is 12.6. The van der Waals surface area contributed by atoms with Crippen LogP contribution in [0.15, 0.2) is 60.7 Å². The van der Waals surface area contributed by atoms with E-state index >= 15 is 0 Å². The quantitative estimate of drug-likeness (QED) is 0.445. The molecular weight excluding hydrogens is 388 g/mol. The van der Waals surface area contributed by atoms with Gasteiger partial charge in [-0.1, -0.05) is 73.2 Å². The second kappa shape index (κ2) is 10.1. The highest BCUT2D eigenvalue weighted by molar-refractivity contribution is 6.79. The molecule has 0 aromatic heterocycles. The molecule has 2 nitrogen and oxygen atoms in total. The van der Waals surface area contributed by atoms with Crippen molar-refractivity contribution in [2.24, 2.45) is 5.41 Å². The van der Waals surface area contributed by atoms with Gasteiger partial charge < -0.3 is 8.85 Å². The van der Waals surface area contributed by atoms with Crippen LogP contribution in [-0.2, 0) is 8.85 Å². The summed E-state index contributed by atoms with van der Waals surface area (Å²) in [5, 5.41) is 0. The average molecular weight is 421 g/mol. The van der Waals surface area contributed by atoms with Crippen molar-refractivity contribution in [3.05, 3.63) is 71.8 Å². The molecule has 0 bridgehead atoms. The van der Waals surface area contributed by atoms with Crippen molar-refractivity contribution in [2.45, 2.75) is 40.0 Å². The summed E-state index contributed by atoms with van der Waals surface area (Å²) in [4.78, 5) is 0. The number of hydrogen-bond acceptors (Lipinski definition) is 2. The molecule has 0 atom stereocenters. The predicted octanol–water partition coefficient (Wildman–Crippen LogP) is 5.64. The Balaban J connectivity index is 1.89. The molecule has 4 heteroatoms. The van der Waals surface area contributed by atoms with Gasteiger partial charge in [-0.25, -0.2) is 0 Å². The molecule has 0 saturated heterocycles. The minimum Gasteiger partial charge on any atom is -0.405 e. The Hall–Kier alpha value is -2.09. The first-order chi connectivity index (χ1) is 13.6. The molecule has 2 rings (SSSR count). The van der Waals surface area contributed by atoms with Crippen molar-refractivity contribution in [1.82, 2.24) is 0 Å². The Morgan fingerprint density at radius 1 is 0.655 bits per heavy atom. The van der Waals surface area contributed by atoms with Gasteiger partial charge in [-0.2, -0.15) is 0 Å². The number of hydrogen-bond donors (Lipinski definition) is 0. The van der Waals surface area contributed by atoms with E-state index in [-0.39, 0.29) is 5.41 Å². The van der Waals surface area contributed by atoms with Gasteiger partial charge in [0.2, 0.25) is 0 Å². The molecular formula is C25H32O2Si2. The van der Waals surface area contributed by atoms with Crippen molar-refractivity contribution in [1.29, 1.82) is 0 Å². The summed E-state index contributed by atoms with van der Waals surface area (Å²) in [6.07, 6.45) is 0. The van der Waals surface area contributed by atoms with E-state index in [0.717, 1.165) is 11.1 Å². The zero-order chi connectivity index (χ0) is 21.4. The Bertz CT molecular complexity index is 820. The van der Waals surface area contributed by atoms with Gasteiger partial charge in [0.1, 0.15) is 0 Å². The third-order valence-electron chi connectivity index (χ3n) is 4.21. The van der Waals surface area contributed by atoms with Crippen LogP contribution < -0.4 is 0 Å². The molecule has 0 aliphatic carbocycles. The molecule has 0 saturated carbocycles. The van der Waals surface area contributed by atoms with E-state index < -0.39 is 16.6 Å². The van der Waals surface area contributed by atoms with E-state index in [1.165, 1.54) is 0 Å². The smallest absolute Gasteiger partial charge is 0.266 e. The maximum atomic E-state index is 6.28. The minimum absolute atomic E-state index is 0.0859. The van der Waals surface area contributed by atoms with Gasteiger partial charge in [0.25, 0.3) is 16.6 Å². The van der Waals surface area contributed by atoms with Crippen molar-refractivity contribution in [2.75, 3.05) is 13.2 Å². The molecule has 0 unspecified atom stereocenters. The third-order valence-corrected chi connectivity index (χ3v) is 7.40. The Morgan fingerprint density at radius 2 is 1.00 bits per heavy atom. The predicted molar refractivity (Wildman–Crippen MR) is 127 cm³/mol. The standard InChI is InChI=1S/C25H32O2Si2/c1-25(2,21-26-28(3,4)19-17-23-13-9-7-10-14-23)22-27-29(5,6)20-18-24-15-11-8-12-16-24/h7-16H,21-22H2,1-6H3. The molecule has 0 fully saturated rings. The van der Waals surface area contributed by atoms with Crippen LogP contribution in [0.3, 0.4) is 0 Å². The van der Waals surface area contributed by atoms with Crippen LogP contribution in [0, 0.1) is 28.3 Å². The van der Waals surface area contributed by atoms with Crippen LogP contribution in [0.2, 0.25) is 26.2 Å². The summed E-state index contributed by atoms with van der Waals surface area (Å²) in [6, 6.07) is 20.1. The third kappa shape index (κ3) is 9.30. The van der Waals surface area contributed by atoms with Crippen LogP contribution in [0.25, 0.3) is 0 Å². The molecule has 2 aromatic rings. The fourth-order valence-corrected chi connectivity index (χ4v) is 4.89. The zero-order valence-corrected chi connectivity index (χ0v) is 20.5. The Kier molecular flexibility index (Phi) is 8.08. The van der Waals surface area contributed by atoms with Gasteiger partial charge in [-0.3, -0.25) is 0 Å². The number of benzene rings is 2. The lowest BCUT2D eigenvalue weighted by Gasteiger charge is -2.30. The van der Waals surface area contributed by atoms with Crippen LogP contribution in [0.4, 0.5) is 0 Å². The van der Waals surface area contributed by atoms with Gasteiger partial charge in [0.05, 0.1) is 0 Å². The van der Waals surface area contributed by atoms with E-state index in [1.54, 1.807) is 0 Å². The summed E-state index contributed by atoms with van der Waals surface area (Å²) in [5.74, 6) is 6.51. The van der Waals surface area contributed by atoms with E-state index in [1.807, 2.05) is 60.7 Å². The second-order valence-electron chi connectivity index (χ2n) is 8.99. The maximum Gasteiger partial charge on any atom is 0.266 e. The largest absolute Gasteiger partial charge is 0.405 e. The van der Waals surface area contributed by atoms with Crippen molar-refractivity contribution in [3.8, 4) is 22.9 Å². The lowest BCUT2D eigenvalue weighted by Crippen LogP contribution is -2.39. The van der Waals surface area contributed by atoms with E-state index in [0.29, 0.717) is 13.2 Å². The van der Waals surface area contributed by atoms with Crippen LogP contribution in [0.5, 0.6) is 0 Å². The SMILES string of the molecule is CC(C)(CO[Si](C)(C)C#Cc1ccccc1)CO[Si](C)(C)C#Cc1ccccc1.